The minimum atomic E-state index is -0.862. The molecule has 0 bridgehead atoms. The lowest BCUT2D eigenvalue weighted by Gasteiger charge is -2.30. The number of carbonyl (C=O) groups excluding carboxylic acids is 1. The summed E-state index contributed by atoms with van der Waals surface area (Å²) in [6, 6.07) is 7.81. The zero-order valence-electron chi connectivity index (χ0n) is 15.2. The first-order chi connectivity index (χ1) is 13.5. The van der Waals surface area contributed by atoms with Crippen molar-refractivity contribution in [2.24, 2.45) is 0 Å². The average molecular weight is 383 g/mol. The molecule has 9 heteroatoms. The van der Waals surface area contributed by atoms with Crippen molar-refractivity contribution in [1.29, 1.82) is 0 Å². The molecule has 1 aromatic carbocycles. The zero-order valence-corrected chi connectivity index (χ0v) is 15.2. The largest absolute Gasteiger partial charge is 0.475 e. The maximum Gasteiger partial charge on any atom is 0.407 e. The second kappa shape index (κ2) is 7.34. The lowest BCUT2D eigenvalue weighted by molar-refractivity contribution is 0.0990. The number of nitrogens with zero attached hydrogens (tertiary/aromatic N) is 4. The number of benzene rings is 1. The highest BCUT2D eigenvalue weighted by Gasteiger charge is 2.29. The molecule has 0 unspecified atom stereocenters. The monoisotopic (exact) mass is 383 g/mol. The van der Waals surface area contributed by atoms with Crippen molar-refractivity contribution in [2.75, 3.05) is 36.9 Å². The fourth-order valence-corrected chi connectivity index (χ4v) is 3.74. The highest BCUT2D eigenvalue weighted by atomic mass is 16.5. The number of hydrogen-bond donors (Lipinski definition) is 2. The number of ether oxygens (including phenoxy) is 1. The minimum absolute atomic E-state index is 0.101. The van der Waals surface area contributed by atoms with Gasteiger partial charge in [-0.1, -0.05) is 12.1 Å². The van der Waals surface area contributed by atoms with Gasteiger partial charge in [-0.25, -0.2) is 14.8 Å². The molecule has 3 heterocycles. The predicted molar refractivity (Wildman–Crippen MR) is 102 cm³/mol. The first kappa shape index (κ1) is 18.0. The normalized spacial score (nSPS) is 17.6. The Morgan fingerprint density at radius 1 is 1.14 bits per heavy atom. The Bertz CT molecular complexity index is 894. The Balaban J connectivity index is 1.52. The third-order valence-corrected chi connectivity index (χ3v) is 5.30. The second-order valence-electron chi connectivity index (χ2n) is 6.88. The zero-order chi connectivity index (χ0) is 19.7. The smallest absolute Gasteiger partial charge is 0.407 e. The molecule has 28 heavy (non-hydrogen) atoms. The summed E-state index contributed by atoms with van der Waals surface area (Å²) in [5.41, 5.74) is 7.95. The number of aromatic nitrogens is 2. The first-order valence-electron chi connectivity index (χ1n) is 9.17. The first-order valence-corrected chi connectivity index (χ1v) is 9.17. The van der Waals surface area contributed by atoms with Crippen LogP contribution in [-0.4, -0.2) is 58.2 Å². The number of likely N-dealkylation sites (tertiary alicyclic amines) is 1. The predicted octanol–water partition coefficient (Wildman–Crippen LogP) is 1.96. The summed E-state index contributed by atoms with van der Waals surface area (Å²) in [5.74, 6) is 0.344. The molecule has 0 atom stereocenters. The lowest BCUT2D eigenvalue weighted by Crippen LogP contribution is -2.36. The number of piperidine rings is 1. The number of nitrogens with two attached hydrogens (primary N) is 1. The van der Waals surface area contributed by atoms with Crippen molar-refractivity contribution in [3.8, 4) is 5.88 Å². The molecule has 1 aromatic heterocycles. The van der Waals surface area contributed by atoms with Gasteiger partial charge >= 0.3 is 6.09 Å². The van der Waals surface area contributed by atoms with Crippen molar-refractivity contribution >= 4 is 23.5 Å². The van der Waals surface area contributed by atoms with Crippen molar-refractivity contribution in [2.45, 2.75) is 18.8 Å². The summed E-state index contributed by atoms with van der Waals surface area (Å²) in [7, 11) is 0. The van der Waals surface area contributed by atoms with E-state index >= 15 is 0 Å². The molecule has 146 valence electrons. The van der Waals surface area contributed by atoms with E-state index in [1.807, 2.05) is 24.3 Å². The Morgan fingerprint density at radius 2 is 1.86 bits per heavy atom. The molecule has 1 fully saturated rings. The molecule has 2 aromatic rings. The number of fused-ring (bicyclic) bond motifs is 1. The van der Waals surface area contributed by atoms with Gasteiger partial charge in [0.1, 0.15) is 24.3 Å². The van der Waals surface area contributed by atoms with Crippen LogP contribution in [0.4, 0.5) is 16.3 Å². The van der Waals surface area contributed by atoms with Crippen molar-refractivity contribution < 1.29 is 19.4 Å². The summed E-state index contributed by atoms with van der Waals surface area (Å²) in [6.45, 7) is 1.77. The number of amides is 2. The maximum atomic E-state index is 13.0. The van der Waals surface area contributed by atoms with Crippen LogP contribution in [-0.2, 0) is 0 Å². The Hall–Kier alpha value is -3.36. The van der Waals surface area contributed by atoms with Gasteiger partial charge in [0.25, 0.3) is 5.91 Å². The fourth-order valence-electron chi connectivity index (χ4n) is 3.74. The Kier molecular flexibility index (Phi) is 4.72. The number of rotatable bonds is 2. The molecule has 2 amide bonds. The standard InChI is InChI=1S/C19H21N5O4/c20-16-15-17(22-11-21-16)28-10-9-24(18(15)25)14-3-1-12(2-4-14)13-5-7-23(8-6-13)19(26)27/h1-4,11,13H,5-10H2,(H,26,27)(H2,20,21,22). The Morgan fingerprint density at radius 3 is 2.54 bits per heavy atom. The van der Waals surface area contributed by atoms with Gasteiger partial charge < -0.3 is 25.4 Å². The number of carboxylic acid groups (broad SMARTS) is 1. The number of anilines is 2. The molecular formula is C19H21N5O4. The third kappa shape index (κ3) is 3.30. The molecule has 4 rings (SSSR count). The molecule has 0 saturated carbocycles. The molecule has 2 aliphatic rings. The summed E-state index contributed by atoms with van der Waals surface area (Å²) >= 11 is 0. The maximum absolute atomic E-state index is 13.0. The quantitative estimate of drug-likeness (QED) is 0.813. The molecule has 9 nitrogen and oxygen atoms in total. The van der Waals surface area contributed by atoms with Crippen LogP contribution in [0.5, 0.6) is 5.88 Å². The van der Waals surface area contributed by atoms with Gasteiger partial charge in [-0.2, -0.15) is 0 Å². The van der Waals surface area contributed by atoms with Gasteiger partial charge in [0, 0.05) is 18.8 Å². The number of carbonyl (C=O) groups is 2. The van der Waals surface area contributed by atoms with E-state index in [1.54, 1.807) is 4.90 Å². The molecule has 0 aliphatic carbocycles. The van der Waals surface area contributed by atoms with Gasteiger partial charge in [-0.15, -0.1) is 0 Å². The number of nitrogen functional groups attached to an aromatic ring is 1. The minimum Gasteiger partial charge on any atom is -0.475 e. The highest BCUT2D eigenvalue weighted by molar-refractivity contribution is 6.10. The van der Waals surface area contributed by atoms with E-state index in [0.717, 1.165) is 24.1 Å². The Labute approximate surface area is 161 Å². The van der Waals surface area contributed by atoms with Gasteiger partial charge in [0.2, 0.25) is 5.88 Å². The van der Waals surface area contributed by atoms with Crippen LogP contribution in [0.3, 0.4) is 0 Å². The summed E-state index contributed by atoms with van der Waals surface area (Å²) < 4.78 is 5.55. The van der Waals surface area contributed by atoms with Gasteiger partial charge in [-0.3, -0.25) is 4.79 Å². The summed E-state index contributed by atoms with van der Waals surface area (Å²) in [6.07, 6.45) is 2.01. The van der Waals surface area contributed by atoms with E-state index in [1.165, 1.54) is 11.2 Å². The van der Waals surface area contributed by atoms with Crippen LogP contribution in [0, 0.1) is 0 Å². The van der Waals surface area contributed by atoms with Crippen LogP contribution in [0.1, 0.15) is 34.7 Å². The van der Waals surface area contributed by atoms with E-state index in [-0.39, 0.29) is 23.2 Å². The van der Waals surface area contributed by atoms with Crippen molar-refractivity contribution in [3.63, 3.8) is 0 Å². The van der Waals surface area contributed by atoms with Gasteiger partial charge in [-0.05, 0) is 36.5 Å². The van der Waals surface area contributed by atoms with E-state index in [9.17, 15) is 9.59 Å². The SMILES string of the molecule is Nc1ncnc2c1C(=O)N(c1ccc(C3CCN(C(=O)O)CC3)cc1)CCO2. The molecule has 1 saturated heterocycles. The average Bonchev–Trinajstić information content (AvgIpc) is 2.88. The van der Waals surface area contributed by atoms with E-state index < -0.39 is 6.09 Å². The van der Waals surface area contributed by atoms with Crippen molar-refractivity contribution in [3.05, 3.63) is 41.7 Å². The van der Waals surface area contributed by atoms with E-state index in [4.69, 9.17) is 15.6 Å². The molecule has 3 N–H and O–H groups in total. The van der Waals surface area contributed by atoms with Gasteiger partial charge in [0.05, 0.1) is 6.54 Å². The van der Waals surface area contributed by atoms with E-state index in [2.05, 4.69) is 9.97 Å². The lowest BCUT2D eigenvalue weighted by atomic mass is 9.89. The van der Waals surface area contributed by atoms with Crippen LogP contribution >= 0.6 is 0 Å². The van der Waals surface area contributed by atoms with Crippen molar-refractivity contribution in [1.82, 2.24) is 14.9 Å². The topological polar surface area (TPSA) is 122 Å². The van der Waals surface area contributed by atoms with Crippen LogP contribution in [0.25, 0.3) is 0 Å². The van der Waals surface area contributed by atoms with Crippen LogP contribution in [0.2, 0.25) is 0 Å². The highest BCUT2D eigenvalue weighted by Crippen LogP contribution is 2.31. The molecular weight excluding hydrogens is 362 g/mol. The third-order valence-electron chi connectivity index (χ3n) is 5.30. The summed E-state index contributed by atoms with van der Waals surface area (Å²) in [5, 5.41) is 9.07. The molecule has 0 spiro atoms. The summed E-state index contributed by atoms with van der Waals surface area (Å²) in [4.78, 5) is 35.0. The van der Waals surface area contributed by atoms with E-state index in [0.29, 0.717) is 32.2 Å². The van der Waals surface area contributed by atoms with Crippen LogP contribution in [0.15, 0.2) is 30.6 Å². The second-order valence-corrected chi connectivity index (χ2v) is 6.88. The fraction of sp³-hybridized carbons (Fsp3) is 0.368. The number of hydrogen-bond acceptors (Lipinski definition) is 6. The van der Waals surface area contributed by atoms with Crippen LogP contribution < -0.4 is 15.4 Å². The van der Waals surface area contributed by atoms with Gasteiger partial charge in [0.15, 0.2) is 0 Å². The molecule has 2 aliphatic heterocycles. The molecule has 0 radical (unpaired) electrons.